The Bertz CT molecular complexity index is 851. The minimum atomic E-state index is -0.325. The van der Waals surface area contributed by atoms with Gasteiger partial charge in [0.05, 0.1) is 12.1 Å². The Morgan fingerprint density at radius 2 is 1.85 bits per heavy atom. The number of amides is 2. The molecule has 2 amide bonds. The molecule has 3 N–H and O–H groups in total. The summed E-state index contributed by atoms with van der Waals surface area (Å²) in [5.41, 5.74) is 1.59. The highest BCUT2D eigenvalue weighted by molar-refractivity contribution is 5.98. The molecule has 1 heterocycles. The summed E-state index contributed by atoms with van der Waals surface area (Å²) >= 11 is 0. The van der Waals surface area contributed by atoms with Gasteiger partial charge in [0.25, 0.3) is 11.8 Å². The summed E-state index contributed by atoms with van der Waals surface area (Å²) < 4.78 is 1.61. The monoisotopic (exact) mass is 368 g/mol. The van der Waals surface area contributed by atoms with Crippen LogP contribution in [0.15, 0.2) is 36.4 Å². The summed E-state index contributed by atoms with van der Waals surface area (Å²) in [6.07, 6.45) is 1.26. The minimum Gasteiger partial charge on any atom is -0.393 e. The highest BCUT2D eigenvalue weighted by atomic mass is 16.3. The van der Waals surface area contributed by atoms with E-state index in [4.69, 9.17) is 0 Å². The number of nitrogens with zero attached hydrogens (tertiary/aromatic N) is 2. The Hall–Kier alpha value is -2.67. The average molecular weight is 368 g/mol. The third kappa shape index (κ3) is 3.23. The summed E-state index contributed by atoms with van der Waals surface area (Å²) in [6, 6.07) is 11.2. The van der Waals surface area contributed by atoms with E-state index in [2.05, 4.69) is 15.7 Å². The van der Waals surface area contributed by atoms with E-state index in [0.717, 1.165) is 18.4 Å². The van der Waals surface area contributed by atoms with Crippen LogP contribution in [0.4, 0.5) is 0 Å². The predicted octanol–water partition coefficient (Wildman–Crippen LogP) is 1.35. The van der Waals surface area contributed by atoms with Gasteiger partial charge in [-0.3, -0.25) is 14.3 Å². The molecule has 4 rings (SSSR count). The number of nitrogens with one attached hydrogen (secondary N) is 2. The van der Waals surface area contributed by atoms with Gasteiger partial charge in [0, 0.05) is 19.2 Å². The zero-order chi connectivity index (χ0) is 19.1. The highest BCUT2D eigenvalue weighted by Crippen LogP contribution is 2.52. The molecule has 142 valence electrons. The summed E-state index contributed by atoms with van der Waals surface area (Å²) in [6.45, 7) is 1.95. The molecule has 27 heavy (non-hydrogen) atoms. The Labute approximate surface area is 157 Å². The first-order valence-electron chi connectivity index (χ1n) is 9.35. The smallest absolute Gasteiger partial charge is 0.271 e. The molecule has 0 bridgehead atoms. The van der Waals surface area contributed by atoms with Gasteiger partial charge in [-0.25, -0.2) is 0 Å². The molecule has 2 aliphatic rings. The predicted molar refractivity (Wildman–Crippen MR) is 99.3 cm³/mol. The van der Waals surface area contributed by atoms with Crippen LogP contribution in [0.5, 0.6) is 0 Å². The van der Waals surface area contributed by atoms with Gasteiger partial charge in [-0.05, 0) is 37.2 Å². The number of hydrogen-bond acceptors (Lipinski definition) is 4. The topological polar surface area (TPSA) is 96.3 Å². The number of fused-ring (bicyclic) bond motifs is 1. The van der Waals surface area contributed by atoms with E-state index in [1.165, 1.54) is 0 Å². The fourth-order valence-corrected chi connectivity index (χ4v) is 4.22. The molecule has 2 saturated carbocycles. The van der Waals surface area contributed by atoms with Gasteiger partial charge in [-0.1, -0.05) is 30.3 Å². The van der Waals surface area contributed by atoms with Gasteiger partial charge < -0.3 is 15.7 Å². The van der Waals surface area contributed by atoms with Crippen LogP contribution in [0.3, 0.4) is 0 Å². The van der Waals surface area contributed by atoms with Crippen LogP contribution >= 0.6 is 0 Å². The van der Waals surface area contributed by atoms with E-state index in [-0.39, 0.29) is 35.7 Å². The van der Waals surface area contributed by atoms with Crippen molar-refractivity contribution in [2.24, 2.45) is 11.8 Å². The van der Waals surface area contributed by atoms with Crippen molar-refractivity contribution in [2.45, 2.75) is 38.0 Å². The molecule has 1 aromatic heterocycles. The molecule has 2 fully saturated rings. The van der Waals surface area contributed by atoms with Crippen molar-refractivity contribution in [3.8, 4) is 0 Å². The van der Waals surface area contributed by atoms with Crippen LogP contribution < -0.4 is 10.6 Å². The SMILES string of the molecule is CNC(=O)c1cc(C(=O)NC2C3CC(O)C[C@H]32)n([C@@H](C)c2ccccc2)n1. The number of carbonyl (C=O) groups excluding carboxylic acids is 2. The van der Waals surface area contributed by atoms with Gasteiger partial charge in [-0.2, -0.15) is 5.10 Å². The second kappa shape index (κ2) is 6.81. The zero-order valence-electron chi connectivity index (χ0n) is 15.4. The van der Waals surface area contributed by atoms with Crippen molar-refractivity contribution >= 4 is 11.8 Å². The molecule has 0 aliphatic heterocycles. The third-order valence-electron chi connectivity index (χ3n) is 5.79. The van der Waals surface area contributed by atoms with Crippen molar-refractivity contribution in [1.29, 1.82) is 0 Å². The van der Waals surface area contributed by atoms with Crippen molar-refractivity contribution < 1.29 is 14.7 Å². The molecule has 7 heteroatoms. The van der Waals surface area contributed by atoms with Crippen LogP contribution in [-0.2, 0) is 0 Å². The molecular weight excluding hydrogens is 344 g/mol. The Morgan fingerprint density at radius 1 is 1.19 bits per heavy atom. The molecule has 2 aliphatic carbocycles. The maximum absolute atomic E-state index is 12.9. The van der Waals surface area contributed by atoms with Crippen LogP contribution in [0, 0.1) is 11.8 Å². The highest BCUT2D eigenvalue weighted by Gasteiger charge is 2.56. The van der Waals surface area contributed by atoms with E-state index in [9.17, 15) is 14.7 Å². The lowest BCUT2D eigenvalue weighted by Gasteiger charge is -2.16. The maximum atomic E-state index is 12.9. The van der Waals surface area contributed by atoms with Crippen molar-refractivity contribution in [3.05, 3.63) is 53.3 Å². The van der Waals surface area contributed by atoms with Crippen LogP contribution in [-0.4, -0.2) is 45.9 Å². The van der Waals surface area contributed by atoms with Crippen LogP contribution in [0.2, 0.25) is 0 Å². The molecule has 0 spiro atoms. The largest absolute Gasteiger partial charge is 0.393 e. The van der Waals surface area contributed by atoms with E-state index >= 15 is 0 Å². The molecular formula is C20H24N4O3. The van der Waals surface area contributed by atoms with Gasteiger partial charge in [-0.15, -0.1) is 0 Å². The summed E-state index contributed by atoms with van der Waals surface area (Å²) in [5, 5.41) is 19.7. The van der Waals surface area contributed by atoms with Crippen molar-refractivity contribution in [2.75, 3.05) is 7.05 Å². The molecule has 5 atom stereocenters. The molecule has 2 aromatic rings. The Balaban J connectivity index is 1.59. The first kappa shape index (κ1) is 17.7. The van der Waals surface area contributed by atoms with Gasteiger partial charge >= 0.3 is 0 Å². The van der Waals surface area contributed by atoms with Crippen molar-refractivity contribution in [1.82, 2.24) is 20.4 Å². The number of aliphatic hydroxyl groups is 1. The second-order valence-electron chi connectivity index (χ2n) is 7.48. The summed E-state index contributed by atoms with van der Waals surface area (Å²) in [7, 11) is 1.54. The average Bonchev–Trinajstić information content (AvgIpc) is 3.07. The quantitative estimate of drug-likeness (QED) is 0.742. The van der Waals surface area contributed by atoms with Crippen LogP contribution in [0.1, 0.15) is 52.3 Å². The summed E-state index contributed by atoms with van der Waals surface area (Å²) in [5.74, 6) is 0.180. The fraction of sp³-hybridized carbons (Fsp3) is 0.450. The number of rotatable bonds is 5. The zero-order valence-corrected chi connectivity index (χ0v) is 15.4. The first-order chi connectivity index (χ1) is 13.0. The Kier molecular flexibility index (Phi) is 4.47. The number of carbonyl (C=O) groups is 2. The Morgan fingerprint density at radius 3 is 2.48 bits per heavy atom. The molecule has 0 radical (unpaired) electrons. The molecule has 7 nitrogen and oxygen atoms in total. The third-order valence-corrected chi connectivity index (χ3v) is 5.79. The standard InChI is InChI=1S/C20H24N4O3/c1-11(12-6-4-3-5-7-12)24-17(10-16(23-24)19(26)21-2)20(27)22-18-14-8-13(25)9-15(14)18/h3-7,10-11,13-15,18,25H,8-9H2,1-2H3,(H,21,26)(H,22,27)/t11-,13?,14+,15?,18?/m0/s1. The lowest BCUT2D eigenvalue weighted by atomic mass is 10.1. The number of aromatic nitrogens is 2. The van der Waals surface area contributed by atoms with E-state index in [1.54, 1.807) is 17.8 Å². The number of aliphatic hydroxyl groups excluding tert-OH is 1. The lowest BCUT2D eigenvalue weighted by Crippen LogP contribution is -2.32. The normalized spacial score (nSPS) is 26.9. The van der Waals surface area contributed by atoms with E-state index in [1.807, 2.05) is 37.3 Å². The molecule has 1 aromatic carbocycles. The summed E-state index contributed by atoms with van der Waals surface area (Å²) in [4.78, 5) is 25.0. The lowest BCUT2D eigenvalue weighted by molar-refractivity contribution is 0.0923. The van der Waals surface area contributed by atoms with Crippen LogP contribution in [0.25, 0.3) is 0 Å². The maximum Gasteiger partial charge on any atom is 0.271 e. The second-order valence-corrected chi connectivity index (χ2v) is 7.48. The van der Waals surface area contributed by atoms with Gasteiger partial charge in [0.1, 0.15) is 5.69 Å². The van der Waals surface area contributed by atoms with Gasteiger partial charge in [0.15, 0.2) is 5.69 Å². The van der Waals surface area contributed by atoms with Crippen molar-refractivity contribution in [3.63, 3.8) is 0 Å². The minimum absolute atomic E-state index is 0.111. The first-order valence-corrected chi connectivity index (χ1v) is 9.35. The molecule has 0 saturated heterocycles. The fourth-order valence-electron chi connectivity index (χ4n) is 4.22. The number of benzene rings is 1. The van der Waals surface area contributed by atoms with E-state index < -0.39 is 0 Å². The van der Waals surface area contributed by atoms with E-state index in [0.29, 0.717) is 17.5 Å². The molecule has 3 unspecified atom stereocenters. The number of hydrogen-bond donors (Lipinski definition) is 3. The van der Waals surface area contributed by atoms with Gasteiger partial charge in [0.2, 0.25) is 0 Å².